The van der Waals surface area contributed by atoms with Crippen molar-refractivity contribution in [2.75, 3.05) is 0 Å². The van der Waals surface area contributed by atoms with Crippen LogP contribution in [0.2, 0.25) is 0 Å². The van der Waals surface area contributed by atoms with Crippen molar-refractivity contribution < 1.29 is 8.83 Å². The van der Waals surface area contributed by atoms with Crippen molar-refractivity contribution >= 4 is 87.5 Å². The molecule has 0 aliphatic heterocycles. The van der Waals surface area contributed by atoms with Gasteiger partial charge in [-0.15, -0.1) is 0 Å². The summed E-state index contributed by atoms with van der Waals surface area (Å²) >= 11 is 0. The Kier molecular flexibility index (Phi) is 15.9. The summed E-state index contributed by atoms with van der Waals surface area (Å²) in [6.07, 6.45) is 5.44. The maximum atomic E-state index is 6.36. The van der Waals surface area contributed by atoms with E-state index in [4.69, 9.17) is 38.7 Å². The molecule has 524 valence electrons. The van der Waals surface area contributed by atoms with Gasteiger partial charge in [0.2, 0.25) is 0 Å². The molecule has 8 heterocycles. The fraction of sp³-hybridized carbons (Fsp3) is 0. The highest BCUT2D eigenvalue weighted by molar-refractivity contribution is 6.13. The number of furan rings is 2. The SMILES string of the molecule is c1ccc(-c2cc(-c3ccccc3)nc(-c3ccc(-c4ccc5c(c4)c4ccccc4n5-c4ccc(-c5cccc6c5oc5ccccc56)cc4)nc3)n2)cc1.c1ccc(-c2cc(-c3ccccc3)nc(-c3cncc(-c4ccc5c(c4)c4ccccc4n5-c4ccc(-c5ccc6oc7ccccc7c6c5)cc4)n3)n2)cc1. The summed E-state index contributed by atoms with van der Waals surface area (Å²) in [5, 5.41) is 9.20. The second-order valence-corrected chi connectivity index (χ2v) is 28.0. The molecule has 0 radical (unpaired) electrons. The van der Waals surface area contributed by atoms with Crippen LogP contribution in [0.1, 0.15) is 0 Å². The predicted molar refractivity (Wildman–Crippen MR) is 455 cm³/mol. The van der Waals surface area contributed by atoms with E-state index in [2.05, 4.69) is 275 Å². The van der Waals surface area contributed by atoms with Crippen molar-refractivity contribution in [1.29, 1.82) is 0 Å². The average Bonchev–Trinajstić information content (AvgIpc) is 1.59. The Labute approximate surface area is 643 Å². The molecule has 22 rings (SSSR count). The van der Waals surface area contributed by atoms with E-state index in [1.165, 1.54) is 16.2 Å². The van der Waals surface area contributed by atoms with E-state index in [9.17, 15) is 0 Å². The Morgan fingerprint density at radius 3 is 1.16 bits per heavy atom. The molecule has 0 spiro atoms. The van der Waals surface area contributed by atoms with Crippen LogP contribution >= 0.6 is 0 Å². The lowest BCUT2D eigenvalue weighted by atomic mass is 10.0. The quantitative estimate of drug-likeness (QED) is 0.117. The summed E-state index contributed by atoms with van der Waals surface area (Å²) in [4.78, 5) is 34.7. The number of para-hydroxylation sites is 5. The number of aromatic nitrogens is 9. The van der Waals surface area contributed by atoms with Crippen molar-refractivity contribution in [2.45, 2.75) is 0 Å². The Hall–Kier alpha value is -15.3. The maximum absolute atomic E-state index is 6.36. The van der Waals surface area contributed by atoms with Crippen LogP contribution in [-0.4, -0.2) is 44.0 Å². The zero-order valence-electron chi connectivity index (χ0n) is 60.2. The second-order valence-electron chi connectivity index (χ2n) is 28.0. The minimum absolute atomic E-state index is 0.527. The van der Waals surface area contributed by atoms with Gasteiger partial charge in [0.05, 0.1) is 68.6 Å². The van der Waals surface area contributed by atoms with E-state index in [0.29, 0.717) is 17.3 Å². The zero-order chi connectivity index (χ0) is 74.0. The van der Waals surface area contributed by atoms with Crippen LogP contribution in [0.5, 0.6) is 0 Å². The van der Waals surface area contributed by atoms with Gasteiger partial charge >= 0.3 is 0 Å². The lowest BCUT2D eigenvalue weighted by molar-refractivity contribution is 0.669. The average molecular weight is 1430 g/mol. The predicted octanol–water partition coefficient (Wildman–Crippen LogP) is 25.8. The third-order valence-corrected chi connectivity index (χ3v) is 21.2. The molecule has 0 unspecified atom stereocenters. The van der Waals surface area contributed by atoms with Crippen molar-refractivity contribution in [2.24, 2.45) is 0 Å². The largest absolute Gasteiger partial charge is 0.456 e. The van der Waals surface area contributed by atoms with Gasteiger partial charge in [0.15, 0.2) is 11.6 Å². The van der Waals surface area contributed by atoms with E-state index in [-0.39, 0.29) is 0 Å². The molecule has 0 fully saturated rings. The van der Waals surface area contributed by atoms with Crippen molar-refractivity contribution in [3.05, 3.63) is 383 Å². The van der Waals surface area contributed by atoms with Gasteiger partial charge in [-0.05, 0) is 126 Å². The summed E-state index contributed by atoms with van der Waals surface area (Å²) in [5.41, 5.74) is 27.5. The fourth-order valence-corrected chi connectivity index (χ4v) is 15.8. The molecular weight excluding hydrogens is 1370 g/mol. The Morgan fingerprint density at radius 2 is 0.616 bits per heavy atom. The number of pyridine rings is 1. The lowest BCUT2D eigenvalue weighted by Gasteiger charge is -2.10. The van der Waals surface area contributed by atoms with Gasteiger partial charge in [0.1, 0.15) is 28.0 Å². The van der Waals surface area contributed by atoms with Crippen LogP contribution in [-0.2, 0) is 0 Å². The van der Waals surface area contributed by atoms with Crippen molar-refractivity contribution in [3.8, 4) is 124 Å². The van der Waals surface area contributed by atoms with E-state index in [1.54, 1.807) is 6.20 Å². The van der Waals surface area contributed by atoms with Crippen LogP contribution in [0.15, 0.2) is 391 Å². The van der Waals surface area contributed by atoms with E-state index < -0.39 is 0 Å². The first kappa shape index (κ1) is 65.0. The number of hydrogen-bond donors (Lipinski definition) is 0. The van der Waals surface area contributed by atoms with Crippen LogP contribution < -0.4 is 0 Å². The third kappa shape index (κ3) is 11.8. The van der Waals surface area contributed by atoms with Gasteiger partial charge in [-0.1, -0.05) is 255 Å². The zero-order valence-corrected chi connectivity index (χ0v) is 60.2. The molecule has 0 aliphatic carbocycles. The number of benzene rings is 14. The number of rotatable bonds is 12. The highest BCUT2D eigenvalue weighted by atomic mass is 16.3. The first-order valence-corrected chi connectivity index (χ1v) is 37.4. The minimum atomic E-state index is 0.527. The number of nitrogens with zero attached hydrogens (tertiary/aromatic N) is 9. The van der Waals surface area contributed by atoms with Gasteiger partial charge in [0.25, 0.3) is 0 Å². The van der Waals surface area contributed by atoms with Gasteiger partial charge < -0.3 is 18.0 Å². The molecule has 112 heavy (non-hydrogen) atoms. The molecular formula is C101H63N9O2. The Balaban J connectivity index is 0.000000141. The standard InChI is InChI=1S/C51H32N4O.C50H31N5O/c1-3-12-34(13-4-1)45-31-46(35-14-5-2-6-15-35)54-51(53-45)37-24-28-44(52-32-37)36-25-29-48-43(30-36)40-16-7-9-20-47(40)55(48)38-26-22-33(23-27-38)39-18-11-19-42-41-17-8-10-21-49(41)56-50(39)42;1-3-11-33(12-4-1)42-29-43(34-13-5-2-6-14-34)54-50(53-42)45-31-51-30-44(52-45)36-21-25-47-40(28-36)38-15-7-9-17-46(38)55(47)37-23-19-32(20-24-37)35-22-26-49-41(27-35)39-16-8-10-18-48(39)56-49/h1-32H;1-31H. The topological polar surface area (TPSA) is 126 Å². The first-order chi connectivity index (χ1) is 55.5. The number of hydrogen-bond acceptors (Lipinski definition) is 9. The van der Waals surface area contributed by atoms with Crippen LogP contribution in [0.4, 0.5) is 0 Å². The highest BCUT2D eigenvalue weighted by Crippen LogP contribution is 2.42. The molecule has 22 aromatic rings. The number of fused-ring (bicyclic) bond motifs is 12. The highest BCUT2D eigenvalue weighted by Gasteiger charge is 2.21. The van der Waals surface area contributed by atoms with Gasteiger partial charge in [-0.3, -0.25) is 9.97 Å². The van der Waals surface area contributed by atoms with Crippen LogP contribution in [0, 0.1) is 0 Å². The molecule has 0 atom stereocenters. The third-order valence-electron chi connectivity index (χ3n) is 21.2. The van der Waals surface area contributed by atoms with Gasteiger partial charge in [-0.2, -0.15) is 0 Å². The molecule has 0 saturated heterocycles. The van der Waals surface area contributed by atoms with Crippen molar-refractivity contribution in [1.82, 2.24) is 44.0 Å². The molecule has 0 bridgehead atoms. The molecule has 11 nitrogen and oxygen atoms in total. The van der Waals surface area contributed by atoms with E-state index in [1.807, 2.05) is 116 Å². The van der Waals surface area contributed by atoms with Gasteiger partial charge in [0, 0.05) is 105 Å². The first-order valence-electron chi connectivity index (χ1n) is 37.4. The van der Waals surface area contributed by atoms with Crippen LogP contribution in [0.3, 0.4) is 0 Å². The summed E-state index contributed by atoms with van der Waals surface area (Å²) in [6.45, 7) is 0. The van der Waals surface area contributed by atoms with Crippen molar-refractivity contribution in [3.63, 3.8) is 0 Å². The Morgan fingerprint density at radius 1 is 0.205 bits per heavy atom. The van der Waals surface area contributed by atoms with Crippen LogP contribution in [0.25, 0.3) is 212 Å². The minimum Gasteiger partial charge on any atom is -0.456 e. The smallest absolute Gasteiger partial charge is 0.180 e. The summed E-state index contributed by atoms with van der Waals surface area (Å²) in [6, 6.07) is 126. The molecule has 0 amide bonds. The summed E-state index contributed by atoms with van der Waals surface area (Å²) < 4.78 is 17.1. The summed E-state index contributed by atoms with van der Waals surface area (Å²) in [7, 11) is 0. The van der Waals surface area contributed by atoms with Gasteiger partial charge in [-0.25, -0.2) is 24.9 Å². The molecule has 0 aliphatic rings. The Bertz CT molecular complexity index is 7230. The molecule has 8 aromatic heterocycles. The molecule has 11 heteroatoms. The van der Waals surface area contributed by atoms with E-state index in [0.717, 1.165) is 178 Å². The monoisotopic (exact) mass is 1430 g/mol. The second kappa shape index (κ2) is 27.5. The fourth-order valence-electron chi connectivity index (χ4n) is 15.8. The molecule has 14 aromatic carbocycles. The maximum Gasteiger partial charge on any atom is 0.180 e. The molecule has 0 saturated carbocycles. The summed E-state index contributed by atoms with van der Waals surface area (Å²) in [5.74, 6) is 1.17. The lowest BCUT2D eigenvalue weighted by Crippen LogP contribution is -1.99. The molecule has 0 N–H and O–H groups in total. The normalized spacial score (nSPS) is 11.6. The van der Waals surface area contributed by atoms with E-state index >= 15 is 0 Å².